The topological polar surface area (TPSA) is 92.5 Å². The van der Waals surface area contributed by atoms with Crippen LogP contribution >= 0.6 is 0 Å². The van der Waals surface area contributed by atoms with Gasteiger partial charge in [-0.3, -0.25) is 4.68 Å². The molecular weight excluding hydrogens is 354 g/mol. The normalized spacial score (nSPS) is 18.7. The van der Waals surface area contributed by atoms with E-state index < -0.39 is 16.0 Å². The first kappa shape index (κ1) is 18.6. The van der Waals surface area contributed by atoms with Gasteiger partial charge in [0.25, 0.3) is 10.0 Å². The summed E-state index contributed by atoms with van der Waals surface area (Å²) in [6.45, 7) is 3.43. The minimum Gasteiger partial charge on any atom is -0.478 e. The number of rotatable bonds is 6. The minimum absolute atomic E-state index is 0.0592. The zero-order valence-electron chi connectivity index (χ0n) is 14.7. The van der Waals surface area contributed by atoms with Gasteiger partial charge in [-0.1, -0.05) is 19.1 Å². The second-order valence-corrected chi connectivity index (χ2v) is 8.41. The van der Waals surface area contributed by atoms with Gasteiger partial charge in [-0.25, -0.2) is 13.2 Å². The van der Waals surface area contributed by atoms with Crippen molar-refractivity contribution in [1.82, 2.24) is 14.1 Å². The van der Waals surface area contributed by atoms with E-state index in [1.807, 2.05) is 6.92 Å². The number of hydrogen-bond donors (Lipinski definition) is 1. The Balaban J connectivity index is 1.81. The summed E-state index contributed by atoms with van der Waals surface area (Å²) in [7, 11) is -3.59. The summed E-state index contributed by atoms with van der Waals surface area (Å²) in [5, 5.41) is 13.4. The Bertz CT molecular complexity index is 874. The fourth-order valence-corrected chi connectivity index (χ4v) is 5.03. The molecule has 0 spiro atoms. The summed E-state index contributed by atoms with van der Waals surface area (Å²) in [5.74, 6) is -0.905. The Labute approximate surface area is 153 Å². The standard InChI is InChI=1S/C18H23N3O4S/c1-2-11-21-17(9-10-19-21)26(24,25)20-12-3-4-16(13-20)14-5-7-15(8-6-14)18(22)23/h5-10,16H,2-4,11-13H2,1H3,(H,22,23)/t16-/m1/s1. The molecule has 3 rings (SSSR count). The van der Waals surface area contributed by atoms with Gasteiger partial charge in [0.15, 0.2) is 5.03 Å². The lowest BCUT2D eigenvalue weighted by molar-refractivity contribution is 0.0697. The first-order chi connectivity index (χ1) is 12.4. The molecule has 8 heteroatoms. The van der Waals surface area contributed by atoms with Crippen LogP contribution in [0.2, 0.25) is 0 Å². The fraction of sp³-hybridized carbons (Fsp3) is 0.444. The molecule has 0 saturated carbocycles. The molecule has 1 aliphatic rings. The van der Waals surface area contributed by atoms with E-state index in [1.165, 1.54) is 10.5 Å². The highest BCUT2D eigenvalue weighted by atomic mass is 32.2. The molecule has 7 nitrogen and oxygen atoms in total. The van der Waals surface area contributed by atoms with E-state index in [0.717, 1.165) is 24.8 Å². The number of aromatic nitrogens is 2. The smallest absolute Gasteiger partial charge is 0.335 e. The zero-order valence-corrected chi connectivity index (χ0v) is 15.5. The maximum Gasteiger partial charge on any atom is 0.335 e. The molecule has 1 N–H and O–H groups in total. The van der Waals surface area contributed by atoms with Crippen molar-refractivity contribution in [2.75, 3.05) is 13.1 Å². The molecule has 0 radical (unpaired) electrons. The maximum atomic E-state index is 13.1. The van der Waals surface area contributed by atoms with Crippen LogP contribution in [0.4, 0.5) is 0 Å². The fourth-order valence-electron chi connectivity index (χ4n) is 3.38. The molecule has 1 aromatic carbocycles. The van der Waals surface area contributed by atoms with E-state index in [2.05, 4.69) is 5.10 Å². The number of hydrogen-bond acceptors (Lipinski definition) is 4. The molecule has 26 heavy (non-hydrogen) atoms. The molecule has 2 heterocycles. The SMILES string of the molecule is CCCn1nccc1S(=O)(=O)N1CCC[C@@H](c2ccc(C(=O)O)cc2)C1. The predicted octanol–water partition coefficient (Wildman–Crippen LogP) is 2.56. The number of carbonyl (C=O) groups is 1. The summed E-state index contributed by atoms with van der Waals surface area (Å²) in [5.41, 5.74) is 1.20. The van der Waals surface area contributed by atoms with Crippen molar-refractivity contribution in [3.05, 3.63) is 47.7 Å². The molecular formula is C18H23N3O4S. The van der Waals surface area contributed by atoms with Crippen molar-refractivity contribution >= 4 is 16.0 Å². The lowest BCUT2D eigenvalue weighted by Gasteiger charge is -2.32. The van der Waals surface area contributed by atoms with Gasteiger partial charge >= 0.3 is 5.97 Å². The number of carboxylic acid groups (broad SMARTS) is 1. The first-order valence-corrected chi connectivity index (χ1v) is 10.2. The van der Waals surface area contributed by atoms with Gasteiger partial charge in [0.2, 0.25) is 0 Å². The van der Waals surface area contributed by atoms with Gasteiger partial charge in [0.05, 0.1) is 11.8 Å². The van der Waals surface area contributed by atoms with Crippen LogP contribution in [0.1, 0.15) is 48.0 Å². The number of benzene rings is 1. The van der Waals surface area contributed by atoms with Crippen molar-refractivity contribution in [2.24, 2.45) is 0 Å². The Morgan fingerprint density at radius 3 is 2.65 bits per heavy atom. The van der Waals surface area contributed by atoms with Gasteiger partial charge in [-0.05, 0) is 48.9 Å². The largest absolute Gasteiger partial charge is 0.478 e. The highest BCUT2D eigenvalue weighted by Gasteiger charge is 2.32. The Morgan fingerprint density at radius 2 is 2.00 bits per heavy atom. The Morgan fingerprint density at radius 1 is 1.27 bits per heavy atom. The van der Waals surface area contributed by atoms with Crippen molar-refractivity contribution in [2.45, 2.75) is 43.7 Å². The van der Waals surface area contributed by atoms with Crippen LogP contribution in [-0.4, -0.2) is 46.7 Å². The molecule has 1 aromatic heterocycles. The van der Waals surface area contributed by atoms with Gasteiger partial charge < -0.3 is 5.11 Å². The number of piperidine rings is 1. The molecule has 0 unspecified atom stereocenters. The summed E-state index contributed by atoms with van der Waals surface area (Å²) in [4.78, 5) is 11.0. The summed E-state index contributed by atoms with van der Waals surface area (Å²) in [6.07, 6.45) is 3.98. The maximum absolute atomic E-state index is 13.1. The highest BCUT2D eigenvalue weighted by Crippen LogP contribution is 2.30. The van der Waals surface area contributed by atoms with Crippen molar-refractivity contribution < 1.29 is 18.3 Å². The summed E-state index contributed by atoms with van der Waals surface area (Å²) >= 11 is 0. The Hall–Kier alpha value is -2.19. The van der Waals surface area contributed by atoms with Crippen LogP contribution in [-0.2, 0) is 16.6 Å². The van der Waals surface area contributed by atoms with Gasteiger partial charge in [-0.15, -0.1) is 0 Å². The number of carboxylic acids is 1. The van der Waals surface area contributed by atoms with Crippen LogP contribution in [0.5, 0.6) is 0 Å². The molecule has 1 aliphatic heterocycles. The van der Waals surface area contributed by atoms with Gasteiger partial charge in [0, 0.05) is 19.6 Å². The quantitative estimate of drug-likeness (QED) is 0.835. The third-order valence-corrected chi connectivity index (χ3v) is 6.62. The second kappa shape index (κ2) is 7.59. The molecule has 1 saturated heterocycles. The molecule has 0 amide bonds. The summed E-state index contributed by atoms with van der Waals surface area (Å²) in [6, 6.07) is 8.26. The summed E-state index contributed by atoms with van der Waals surface area (Å²) < 4.78 is 29.2. The molecule has 2 aromatic rings. The lowest BCUT2D eigenvalue weighted by Crippen LogP contribution is -2.39. The molecule has 1 atom stereocenters. The number of aryl methyl sites for hydroxylation is 1. The van der Waals surface area contributed by atoms with E-state index in [4.69, 9.17) is 5.11 Å². The third-order valence-electron chi connectivity index (χ3n) is 4.73. The number of sulfonamides is 1. The van der Waals surface area contributed by atoms with Gasteiger partial charge in [0.1, 0.15) is 0 Å². The van der Waals surface area contributed by atoms with Crippen LogP contribution in [0.3, 0.4) is 0 Å². The van der Waals surface area contributed by atoms with Gasteiger partial charge in [-0.2, -0.15) is 9.40 Å². The molecule has 1 fully saturated rings. The molecule has 140 valence electrons. The van der Waals surface area contributed by atoms with Crippen LogP contribution in [0, 0.1) is 0 Å². The van der Waals surface area contributed by atoms with Crippen LogP contribution in [0.25, 0.3) is 0 Å². The van der Waals surface area contributed by atoms with E-state index in [0.29, 0.717) is 19.6 Å². The van der Waals surface area contributed by atoms with Crippen molar-refractivity contribution in [1.29, 1.82) is 0 Å². The molecule has 0 bridgehead atoms. The minimum atomic E-state index is -3.59. The van der Waals surface area contributed by atoms with Crippen molar-refractivity contribution in [3.8, 4) is 0 Å². The Kier molecular flexibility index (Phi) is 5.43. The lowest BCUT2D eigenvalue weighted by atomic mass is 9.91. The number of nitrogens with zero attached hydrogens (tertiary/aromatic N) is 3. The zero-order chi connectivity index (χ0) is 18.7. The monoisotopic (exact) mass is 377 g/mol. The molecule has 0 aliphatic carbocycles. The third kappa shape index (κ3) is 3.66. The second-order valence-electron chi connectivity index (χ2n) is 6.52. The predicted molar refractivity (Wildman–Crippen MR) is 96.7 cm³/mol. The van der Waals surface area contributed by atoms with Crippen molar-refractivity contribution in [3.63, 3.8) is 0 Å². The van der Waals surface area contributed by atoms with E-state index in [-0.39, 0.29) is 16.5 Å². The average molecular weight is 377 g/mol. The average Bonchev–Trinajstić information content (AvgIpc) is 3.11. The van der Waals surface area contributed by atoms with E-state index in [1.54, 1.807) is 35.0 Å². The van der Waals surface area contributed by atoms with Crippen LogP contribution < -0.4 is 0 Å². The van der Waals surface area contributed by atoms with Crippen LogP contribution in [0.15, 0.2) is 41.6 Å². The first-order valence-electron chi connectivity index (χ1n) is 8.78. The number of aromatic carboxylic acids is 1. The van der Waals surface area contributed by atoms with E-state index in [9.17, 15) is 13.2 Å². The van der Waals surface area contributed by atoms with E-state index >= 15 is 0 Å². The highest BCUT2D eigenvalue weighted by molar-refractivity contribution is 7.89.